The number of amides is 2. The van der Waals surface area contributed by atoms with Crippen LogP contribution < -0.4 is 26.0 Å². The van der Waals surface area contributed by atoms with E-state index in [-0.39, 0.29) is 34.9 Å². The smallest absolute Gasteiger partial charge is 0.413 e. The lowest BCUT2D eigenvalue weighted by atomic mass is 9.78. The third-order valence-corrected chi connectivity index (χ3v) is 6.77. The number of fused-ring (bicyclic) bond motifs is 2. The van der Waals surface area contributed by atoms with E-state index in [1.165, 1.54) is 6.20 Å². The highest BCUT2D eigenvalue weighted by Crippen LogP contribution is 2.40. The molecular weight excluding hydrogens is 455 g/mol. The lowest BCUT2D eigenvalue weighted by Crippen LogP contribution is -2.51. The standard InChI is InChI=1S/C24H25FN6O4/c1-11-16(9-30-23-21(11)28-3-4-35-23)15-7-12-8-18(29-10-17(12)20(26)19(15)25)31(24(33)34)14-5-13(6-14)22(32)27-2/h7-10,13-14,28H,3-6,26H2,1-2H3,(H,27,32)(H,33,34). The highest BCUT2D eigenvalue weighted by molar-refractivity contribution is 6.00. The molecule has 2 amide bonds. The normalized spacial score (nSPS) is 18.6. The Morgan fingerprint density at radius 1 is 1.26 bits per heavy atom. The molecule has 3 heterocycles. The van der Waals surface area contributed by atoms with E-state index >= 15 is 4.39 Å². The van der Waals surface area contributed by atoms with Crippen molar-refractivity contribution >= 4 is 40.0 Å². The van der Waals surface area contributed by atoms with Crippen LogP contribution in [0, 0.1) is 18.7 Å². The van der Waals surface area contributed by atoms with Crippen LogP contribution in [0.5, 0.6) is 5.88 Å². The zero-order valence-electron chi connectivity index (χ0n) is 19.3. The topological polar surface area (TPSA) is 143 Å². The van der Waals surface area contributed by atoms with Gasteiger partial charge in [-0.3, -0.25) is 9.69 Å². The van der Waals surface area contributed by atoms with Crippen LogP contribution in [0.25, 0.3) is 21.9 Å². The molecule has 35 heavy (non-hydrogen) atoms. The predicted octanol–water partition coefficient (Wildman–Crippen LogP) is 3.14. The second kappa shape index (κ2) is 8.57. The molecule has 5 N–H and O–H groups in total. The van der Waals surface area contributed by atoms with Gasteiger partial charge < -0.3 is 26.2 Å². The molecule has 1 aliphatic heterocycles. The lowest BCUT2D eigenvalue weighted by molar-refractivity contribution is -0.127. The number of pyridine rings is 2. The molecule has 182 valence electrons. The number of anilines is 3. The largest absolute Gasteiger partial charge is 0.474 e. The fraction of sp³-hybridized carbons (Fsp3) is 0.333. The van der Waals surface area contributed by atoms with Crippen LogP contribution >= 0.6 is 0 Å². The minimum absolute atomic E-state index is 0.0805. The average molecular weight is 481 g/mol. The van der Waals surface area contributed by atoms with E-state index in [1.807, 2.05) is 6.92 Å². The summed E-state index contributed by atoms with van der Waals surface area (Å²) in [6, 6.07) is 2.83. The van der Waals surface area contributed by atoms with E-state index in [1.54, 1.807) is 25.4 Å². The Balaban J connectivity index is 1.56. The number of carbonyl (C=O) groups excluding carboxylic acids is 1. The number of ether oxygens (including phenoxy) is 1. The van der Waals surface area contributed by atoms with Crippen LogP contribution in [0.4, 0.5) is 26.4 Å². The van der Waals surface area contributed by atoms with Gasteiger partial charge in [0.2, 0.25) is 11.8 Å². The molecule has 10 nitrogen and oxygen atoms in total. The number of carbonyl (C=O) groups is 2. The number of nitrogen functional groups attached to an aromatic ring is 1. The molecule has 5 rings (SSSR count). The monoisotopic (exact) mass is 480 g/mol. The molecule has 1 fully saturated rings. The summed E-state index contributed by atoms with van der Waals surface area (Å²) in [7, 11) is 1.56. The maximum atomic E-state index is 15.4. The van der Waals surface area contributed by atoms with Crippen molar-refractivity contribution in [3.05, 3.63) is 35.9 Å². The predicted molar refractivity (Wildman–Crippen MR) is 129 cm³/mol. The van der Waals surface area contributed by atoms with Crippen LogP contribution in [0.15, 0.2) is 24.5 Å². The quantitative estimate of drug-likeness (QED) is 0.417. The molecule has 2 aromatic heterocycles. The van der Waals surface area contributed by atoms with Crippen LogP contribution in [-0.2, 0) is 4.79 Å². The first kappa shape index (κ1) is 22.6. The zero-order chi connectivity index (χ0) is 24.9. The second-order valence-electron chi connectivity index (χ2n) is 8.76. The maximum absolute atomic E-state index is 15.4. The van der Waals surface area contributed by atoms with Gasteiger partial charge >= 0.3 is 6.09 Å². The summed E-state index contributed by atoms with van der Waals surface area (Å²) in [5, 5.41) is 16.6. The van der Waals surface area contributed by atoms with Crippen LogP contribution in [-0.4, -0.2) is 53.3 Å². The van der Waals surface area contributed by atoms with Crippen LogP contribution in [0.3, 0.4) is 0 Å². The number of aromatic nitrogens is 2. The van der Waals surface area contributed by atoms with Gasteiger partial charge in [-0.15, -0.1) is 0 Å². The first-order chi connectivity index (χ1) is 16.8. The average Bonchev–Trinajstić information content (AvgIpc) is 2.83. The van der Waals surface area contributed by atoms with Gasteiger partial charge in [-0.05, 0) is 42.8 Å². The van der Waals surface area contributed by atoms with Gasteiger partial charge in [0.05, 0.1) is 5.69 Å². The van der Waals surface area contributed by atoms with Crippen LogP contribution in [0.2, 0.25) is 0 Å². The summed E-state index contributed by atoms with van der Waals surface area (Å²) < 4.78 is 21.0. The summed E-state index contributed by atoms with van der Waals surface area (Å²) in [5.41, 5.74) is 8.33. The number of benzene rings is 1. The second-order valence-corrected chi connectivity index (χ2v) is 8.76. The van der Waals surface area contributed by atoms with Crippen LogP contribution in [0.1, 0.15) is 18.4 Å². The molecule has 0 unspecified atom stereocenters. The highest BCUT2D eigenvalue weighted by atomic mass is 19.1. The van der Waals surface area contributed by atoms with Crippen molar-refractivity contribution in [3.63, 3.8) is 0 Å². The van der Waals surface area contributed by atoms with Gasteiger partial charge in [0, 0.05) is 54.5 Å². The number of hydrogen-bond donors (Lipinski definition) is 4. The Morgan fingerprint density at radius 2 is 2.03 bits per heavy atom. The molecule has 3 aromatic rings. The van der Waals surface area contributed by atoms with E-state index in [4.69, 9.17) is 10.5 Å². The molecular formula is C24H25FN6O4. The minimum atomic E-state index is -1.17. The van der Waals surface area contributed by atoms with E-state index in [0.717, 1.165) is 10.5 Å². The van der Waals surface area contributed by atoms with E-state index in [2.05, 4.69) is 20.6 Å². The highest BCUT2D eigenvalue weighted by Gasteiger charge is 2.41. The van der Waals surface area contributed by atoms with Crippen molar-refractivity contribution in [2.45, 2.75) is 25.8 Å². The molecule has 0 atom stereocenters. The molecule has 2 aliphatic rings. The maximum Gasteiger partial charge on any atom is 0.413 e. The summed E-state index contributed by atoms with van der Waals surface area (Å²) in [5.74, 6) is -0.291. The number of rotatable bonds is 4. The number of nitrogens with two attached hydrogens (primary N) is 1. The van der Waals surface area contributed by atoms with E-state index in [9.17, 15) is 14.7 Å². The summed E-state index contributed by atoms with van der Waals surface area (Å²) in [6.07, 6.45) is 2.55. The van der Waals surface area contributed by atoms with Crippen molar-refractivity contribution in [2.75, 3.05) is 36.1 Å². The third-order valence-electron chi connectivity index (χ3n) is 6.77. The van der Waals surface area contributed by atoms with E-state index < -0.39 is 11.9 Å². The number of nitrogens with zero attached hydrogens (tertiary/aromatic N) is 3. The van der Waals surface area contributed by atoms with E-state index in [0.29, 0.717) is 53.9 Å². The molecule has 0 radical (unpaired) electrons. The Hall–Kier alpha value is -4.15. The van der Waals surface area contributed by atoms with Crippen molar-refractivity contribution < 1.29 is 23.8 Å². The number of nitrogens with one attached hydrogen (secondary N) is 2. The summed E-state index contributed by atoms with van der Waals surface area (Å²) in [6.45, 7) is 2.96. The van der Waals surface area contributed by atoms with Gasteiger partial charge in [0.15, 0.2) is 5.82 Å². The van der Waals surface area contributed by atoms with Crippen molar-refractivity contribution in [1.29, 1.82) is 0 Å². The molecule has 11 heteroatoms. The molecule has 0 spiro atoms. The fourth-order valence-electron chi connectivity index (χ4n) is 4.76. The first-order valence-corrected chi connectivity index (χ1v) is 11.3. The lowest BCUT2D eigenvalue weighted by Gasteiger charge is -2.39. The van der Waals surface area contributed by atoms with Gasteiger partial charge in [-0.25, -0.2) is 19.2 Å². The summed E-state index contributed by atoms with van der Waals surface area (Å²) >= 11 is 0. The fourth-order valence-corrected chi connectivity index (χ4v) is 4.76. The molecule has 0 bridgehead atoms. The zero-order valence-corrected chi connectivity index (χ0v) is 19.3. The molecule has 0 saturated heterocycles. The SMILES string of the molecule is CNC(=O)C1CC(N(C(=O)O)c2cc3cc(-c4cnc5c(c4C)NCCO5)c(F)c(N)c3cn2)C1. The van der Waals surface area contributed by atoms with Crippen molar-refractivity contribution in [3.8, 4) is 17.0 Å². The van der Waals surface area contributed by atoms with Gasteiger partial charge in [0.25, 0.3) is 0 Å². The van der Waals surface area contributed by atoms with Gasteiger partial charge in [0.1, 0.15) is 18.1 Å². The molecule has 1 aromatic carbocycles. The van der Waals surface area contributed by atoms with Crippen molar-refractivity contribution in [2.24, 2.45) is 5.92 Å². The summed E-state index contributed by atoms with van der Waals surface area (Å²) in [4.78, 5) is 33.7. The molecule has 1 aliphatic carbocycles. The Bertz CT molecular complexity index is 1360. The number of halogens is 1. The van der Waals surface area contributed by atoms with Gasteiger partial charge in [-0.1, -0.05) is 0 Å². The number of carboxylic acid groups (broad SMARTS) is 1. The Labute approximate surface area is 200 Å². The first-order valence-electron chi connectivity index (χ1n) is 11.3. The van der Waals surface area contributed by atoms with Gasteiger partial charge in [-0.2, -0.15) is 0 Å². The molecule has 1 saturated carbocycles. The third kappa shape index (κ3) is 3.72. The Morgan fingerprint density at radius 3 is 2.74 bits per heavy atom. The van der Waals surface area contributed by atoms with Crippen molar-refractivity contribution in [1.82, 2.24) is 15.3 Å². The Kier molecular flexibility index (Phi) is 5.54. The number of hydrogen-bond acceptors (Lipinski definition) is 7. The minimum Gasteiger partial charge on any atom is -0.474 e.